The predicted octanol–water partition coefficient (Wildman–Crippen LogP) is 1.38. The summed E-state index contributed by atoms with van der Waals surface area (Å²) in [5.41, 5.74) is 0. The van der Waals surface area contributed by atoms with Crippen LogP contribution in [0.25, 0.3) is 0 Å². The summed E-state index contributed by atoms with van der Waals surface area (Å²) >= 11 is 17.8. The quantitative estimate of drug-likeness (QED) is 0.590. The van der Waals surface area contributed by atoms with E-state index in [-0.39, 0.29) is 13.1 Å². The first-order valence-corrected chi connectivity index (χ1v) is 7.24. The second kappa shape index (κ2) is 8.65. The molecular formula is C10H18N4O2S4. The van der Waals surface area contributed by atoms with E-state index >= 15 is 0 Å². The number of nitrogens with zero attached hydrogens (tertiary/aromatic N) is 4. The van der Waals surface area contributed by atoms with Gasteiger partial charge in [0.25, 0.3) is 10.5 Å². The molecule has 0 atom stereocenters. The minimum Gasteiger partial charge on any atom is -0.355 e. The van der Waals surface area contributed by atoms with Gasteiger partial charge >= 0.3 is 0 Å². The van der Waals surface area contributed by atoms with E-state index in [4.69, 9.17) is 24.4 Å². The fourth-order valence-corrected chi connectivity index (χ4v) is 2.10. The van der Waals surface area contributed by atoms with E-state index in [0.29, 0.717) is 10.2 Å². The lowest BCUT2D eigenvalue weighted by atomic mass is 10.5. The maximum absolute atomic E-state index is 11.5. The van der Waals surface area contributed by atoms with Crippen molar-refractivity contribution in [3.05, 3.63) is 0 Å². The molecule has 0 aromatic rings. The van der Waals surface area contributed by atoms with Gasteiger partial charge in [-0.15, -0.1) is 0 Å². The topological polar surface area (TPSA) is 47.1 Å². The third-order valence-electron chi connectivity index (χ3n) is 2.24. The van der Waals surface area contributed by atoms with Crippen LogP contribution in [0.3, 0.4) is 0 Å². The Morgan fingerprint density at radius 3 is 1.20 bits per heavy atom. The number of hydrogen-bond donors (Lipinski definition) is 2. The highest BCUT2D eigenvalue weighted by Gasteiger charge is 2.22. The molecule has 114 valence electrons. The number of rotatable bonds is 3. The van der Waals surface area contributed by atoms with Gasteiger partial charge in [0.05, 0.1) is 0 Å². The van der Waals surface area contributed by atoms with Crippen LogP contribution < -0.4 is 0 Å². The molecule has 0 fully saturated rings. The van der Waals surface area contributed by atoms with Gasteiger partial charge in [0.2, 0.25) is 0 Å². The number of hydrogen-bond acceptors (Lipinski definition) is 4. The summed E-state index contributed by atoms with van der Waals surface area (Å²) in [7, 11) is 6.88. The van der Waals surface area contributed by atoms with E-state index < -0.39 is 10.5 Å². The zero-order chi connectivity index (χ0) is 16.0. The van der Waals surface area contributed by atoms with Gasteiger partial charge in [-0.1, -0.05) is 25.3 Å². The Labute approximate surface area is 140 Å². The van der Waals surface area contributed by atoms with Crippen LogP contribution in [0.15, 0.2) is 0 Å². The highest BCUT2D eigenvalue weighted by Crippen LogP contribution is 2.06. The number of carbonyl (C=O) groups is 2. The van der Waals surface area contributed by atoms with E-state index in [9.17, 15) is 9.59 Å². The lowest BCUT2D eigenvalue weighted by molar-refractivity contribution is 0.229. The van der Waals surface area contributed by atoms with E-state index in [0.717, 1.165) is 0 Å². The van der Waals surface area contributed by atoms with Crippen LogP contribution in [-0.4, -0.2) is 81.6 Å². The van der Waals surface area contributed by atoms with E-state index in [2.05, 4.69) is 25.3 Å². The van der Waals surface area contributed by atoms with Crippen molar-refractivity contribution in [3.8, 4) is 0 Å². The van der Waals surface area contributed by atoms with Crippen molar-refractivity contribution < 1.29 is 9.59 Å². The molecule has 0 saturated heterocycles. The van der Waals surface area contributed by atoms with Crippen LogP contribution >= 0.6 is 49.7 Å². The fraction of sp³-hybridized carbons (Fsp3) is 0.600. The molecule has 0 aliphatic heterocycles. The van der Waals surface area contributed by atoms with Crippen LogP contribution in [0.5, 0.6) is 0 Å². The normalized spacial score (nSPS) is 9.70. The molecule has 10 heteroatoms. The highest BCUT2D eigenvalue weighted by atomic mass is 32.1. The van der Waals surface area contributed by atoms with Crippen LogP contribution in [0.1, 0.15) is 0 Å². The molecule has 0 aromatic carbocycles. The average Bonchev–Trinajstić information content (AvgIpc) is 2.31. The second-order valence-corrected chi connectivity index (χ2v) is 5.72. The number of thiocarbonyl (C=S) groups is 2. The summed E-state index contributed by atoms with van der Waals surface area (Å²) in [6.45, 7) is 0.360. The van der Waals surface area contributed by atoms with Gasteiger partial charge in [-0.3, -0.25) is 19.4 Å². The molecule has 0 N–H and O–H groups in total. The van der Waals surface area contributed by atoms with Gasteiger partial charge in [-0.05, 0) is 24.4 Å². The molecule has 0 aliphatic rings. The standard InChI is InChI=1S/C10H18N4O2S4/c1-11(2)7(17)13(9(15)19)5-6-14(10(16)20)8(18)12(3)4/h5-6H2,1-4H3,(H,15,19)(H,16,20). The molecule has 0 aromatic heterocycles. The maximum atomic E-state index is 11.5. The van der Waals surface area contributed by atoms with Crippen molar-refractivity contribution in [1.82, 2.24) is 19.6 Å². The molecule has 0 aliphatic carbocycles. The van der Waals surface area contributed by atoms with Gasteiger partial charge in [-0.2, -0.15) is 0 Å². The van der Waals surface area contributed by atoms with Crippen LogP contribution in [0.4, 0.5) is 9.59 Å². The molecule has 0 unspecified atom stereocenters. The van der Waals surface area contributed by atoms with Crippen LogP contribution in [0.2, 0.25) is 0 Å². The van der Waals surface area contributed by atoms with E-state index in [1.165, 1.54) is 9.80 Å². The molecule has 6 nitrogen and oxygen atoms in total. The van der Waals surface area contributed by atoms with Gasteiger partial charge < -0.3 is 9.80 Å². The first-order chi connectivity index (χ1) is 9.09. The van der Waals surface area contributed by atoms with Crippen molar-refractivity contribution in [2.75, 3.05) is 41.3 Å². The Balaban J connectivity index is 4.90. The third-order valence-corrected chi connectivity index (χ3v) is 3.89. The fourth-order valence-electron chi connectivity index (χ4n) is 1.23. The monoisotopic (exact) mass is 354 g/mol. The van der Waals surface area contributed by atoms with Gasteiger partial charge in [0.15, 0.2) is 10.2 Å². The number of thiol groups is 2. The van der Waals surface area contributed by atoms with Gasteiger partial charge in [0.1, 0.15) is 0 Å². The Kier molecular flexibility index (Phi) is 8.40. The number of carbonyl (C=O) groups excluding carboxylic acids is 2. The summed E-state index contributed by atoms with van der Waals surface area (Å²) in [5.74, 6) is 0. The Morgan fingerprint density at radius 1 is 0.800 bits per heavy atom. The highest BCUT2D eigenvalue weighted by molar-refractivity contribution is 7.96. The minimum atomic E-state index is -0.494. The summed E-state index contributed by atoms with van der Waals surface area (Å²) in [6.07, 6.45) is 0. The summed E-state index contributed by atoms with van der Waals surface area (Å²) < 4.78 is 0. The molecule has 20 heavy (non-hydrogen) atoms. The van der Waals surface area contributed by atoms with Crippen molar-refractivity contribution >= 4 is 70.4 Å². The Hall–Kier alpha value is -0.580. The zero-order valence-electron chi connectivity index (χ0n) is 11.7. The Morgan fingerprint density at radius 2 is 1.05 bits per heavy atom. The molecule has 0 rings (SSSR count). The SMILES string of the molecule is CN(C)C(=S)N(CCN(C(=O)S)C(=S)N(C)C)C(=O)S. The lowest BCUT2D eigenvalue weighted by Crippen LogP contribution is -2.48. The van der Waals surface area contributed by atoms with E-state index in [1.807, 2.05) is 0 Å². The van der Waals surface area contributed by atoms with E-state index in [1.54, 1.807) is 38.0 Å². The van der Waals surface area contributed by atoms with Crippen LogP contribution in [-0.2, 0) is 0 Å². The van der Waals surface area contributed by atoms with Crippen molar-refractivity contribution in [2.45, 2.75) is 0 Å². The maximum Gasteiger partial charge on any atom is 0.284 e. The average molecular weight is 355 g/mol. The molecule has 0 saturated carbocycles. The molecule has 0 spiro atoms. The van der Waals surface area contributed by atoms with Gasteiger partial charge in [0, 0.05) is 41.3 Å². The van der Waals surface area contributed by atoms with Gasteiger partial charge in [-0.25, -0.2) is 0 Å². The lowest BCUT2D eigenvalue weighted by Gasteiger charge is -2.30. The second-order valence-electron chi connectivity index (χ2n) is 4.22. The van der Waals surface area contributed by atoms with Crippen LogP contribution in [0, 0.1) is 0 Å². The Bertz CT molecular complexity index is 376. The minimum absolute atomic E-state index is 0.180. The number of amides is 2. The molecule has 2 amide bonds. The summed E-state index contributed by atoms with van der Waals surface area (Å²) in [5, 5.41) is -0.364. The zero-order valence-corrected chi connectivity index (χ0v) is 15.2. The molecule has 0 bridgehead atoms. The summed E-state index contributed by atoms with van der Waals surface area (Å²) in [6, 6.07) is 0. The smallest absolute Gasteiger partial charge is 0.284 e. The molecule has 0 radical (unpaired) electrons. The van der Waals surface area contributed by atoms with Crippen molar-refractivity contribution in [3.63, 3.8) is 0 Å². The molecular weight excluding hydrogens is 336 g/mol. The van der Waals surface area contributed by atoms with Crippen molar-refractivity contribution in [2.24, 2.45) is 0 Å². The summed E-state index contributed by atoms with van der Waals surface area (Å²) in [4.78, 5) is 28.8. The third kappa shape index (κ3) is 5.81. The predicted molar refractivity (Wildman–Crippen MR) is 94.7 cm³/mol. The first-order valence-electron chi connectivity index (χ1n) is 5.53. The largest absolute Gasteiger partial charge is 0.355 e. The molecule has 0 heterocycles. The van der Waals surface area contributed by atoms with Crippen molar-refractivity contribution in [1.29, 1.82) is 0 Å². The first kappa shape index (κ1) is 19.4.